The Kier molecular flexibility index (Phi) is 2.65. The third-order valence-electron chi connectivity index (χ3n) is 2.21. The Morgan fingerprint density at radius 1 is 1.25 bits per heavy atom. The highest BCUT2D eigenvalue weighted by Gasteiger charge is 2.04. The lowest BCUT2D eigenvalue weighted by atomic mass is 10.1. The molecule has 0 amide bonds. The maximum absolute atomic E-state index is 13.2. The molecule has 0 aliphatic rings. The van der Waals surface area contributed by atoms with Gasteiger partial charge < -0.3 is 0 Å². The van der Waals surface area contributed by atoms with Crippen LogP contribution in [0.4, 0.5) is 4.39 Å². The van der Waals surface area contributed by atoms with Crippen molar-refractivity contribution in [3.63, 3.8) is 0 Å². The van der Waals surface area contributed by atoms with Crippen LogP contribution in [0.3, 0.4) is 0 Å². The summed E-state index contributed by atoms with van der Waals surface area (Å²) >= 11 is 0. The van der Waals surface area contributed by atoms with E-state index < -0.39 is 5.82 Å². The molecule has 0 spiro atoms. The maximum atomic E-state index is 13.2. The minimum Gasteiger partial charge on any atom is -0.253 e. The van der Waals surface area contributed by atoms with Gasteiger partial charge >= 0.3 is 0 Å². The molecule has 0 unspecified atom stereocenters. The van der Waals surface area contributed by atoms with Crippen LogP contribution in [0.15, 0.2) is 36.4 Å². The van der Waals surface area contributed by atoms with Crippen LogP contribution in [-0.4, -0.2) is 4.98 Å². The molecule has 3 heteroatoms. The van der Waals surface area contributed by atoms with Crippen LogP contribution in [0, 0.1) is 24.1 Å². The number of aryl methyl sites for hydroxylation is 1. The van der Waals surface area contributed by atoms with Crippen LogP contribution in [0.1, 0.15) is 11.3 Å². The molecule has 1 aromatic carbocycles. The van der Waals surface area contributed by atoms with Gasteiger partial charge in [-0.25, -0.2) is 4.39 Å². The highest BCUT2D eigenvalue weighted by molar-refractivity contribution is 5.61. The zero-order chi connectivity index (χ0) is 11.5. The summed E-state index contributed by atoms with van der Waals surface area (Å²) in [7, 11) is 0. The first-order chi connectivity index (χ1) is 7.69. The normalized spacial score (nSPS) is 9.81. The molecule has 1 heterocycles. The smallest absolute Gasteiger partial charge is 0.125 e. The van der Waals surface area contributed by atoms with Gasteiger partial charge in [0.25, 0.3) is 0 Å². The third-order valence-corrected chi connectivity index (χ3v) is 2.21. The first kappa shape index (κ1) is 10.3. The molecular formula is C13H9FN2. The molecule has 2 nitrogen and oxygen atoms in total. The Morgan fingerprint density at radius 3 is 2.75 bits per heavy atom. The van der Waals surface area contributed by atoms with Gasteiger partial charge in [0, 0.05) is 11.3 Å². The van der Waals surface area contributed by atoms with Crippen molar-refractivity contribution < 1.29 is 4.39 Å². The molecule has 0 aliphatic carbocycles. The SMILES string of the molecule is Cc1cccc(-c2cc(F)cc(C#N)c2)n1. The van der Waals surface area contributed by atoms with Crippen molar-refractivity contribution in [3.05, 3.63) is 53.5 Å². The Balaban J connectivity index is 2.56. The summed E-state index contributed by atoms with van der Waals surface area (Å²) < 4.78 is 13.2. The number of aromatic nitrogens is 1. The van der Waals surface area contributed by atoms with Crippen molar-refractivity contribution >= 4 is 0 Å². The van der Waals surface area contributed by atoms with E-state index in [9.17, 15) is 4.39 Å². The van der Waals surface area contributed by atoms with Gasteiger partial charge in [-0.3, -0.25) is 4.98 Å². The Bertz CT molecular complexity index is 570. The molecule has 2 aromatic rings. The molecule has 0 radical (unpaired) electrons. The molecule has 0 saturated heterocycles. The van der Waals surface area contributed by atoms with Crippen molar-refractivity contribution in [2.45, 2.75) is 6.92 Å². The Labute approximate surface area is 93.0 Å². The van der Waals surface area contributed by atoms with Gasteiger partial charge in [-0.1, -0.05) is 6.07 Å². The van der Waals surface area contributed by atoms with Crippen LogP contribution in [0.2, 0.25) is 0 Å². The topological polar surface area (TPSA) is 36.7 Å². The molecule has 2 rings (SSSR count). The van der Waals surface area contributed by atoms with E-state index in [-0.39, 0.29) is 0 Å². The van der Waals surface area contributed by atoms with E-state index in [0.717, 1.165) is 5.69 Å². The van der Waals surface area contributed by atoms with E-state index >= 15 is 0 Å². The van der Waals surface area contributed by atoms with E-state index in [1.165, 1.54) is 12.1 Å². The van der Waals surface area contributed by atoms with Gasteiger partial charge in [0.1, 0.15) is 5.82 Å². The van der Waals surface area contributed by atoms with E-state index in [4.69, 9.17) is 5.26 Å². The largest absolute Gasteiger partial charge is 0.253 e. The highest BCUT2D eigenvalue weighted by Crippen LogP contribution is 2.20. The van der Waals surface area contributed by atoms with Gasteiger partial charge in [0.15, 0.2) is 0 Å². The fourth-order valence-electron chi connectivity index (χ4n) is 1.51. The maximum Gasteiger partial charge on any atom is 0.125 e. The molecule has 0 bridgehead atoms. The highest BCUT2D eigenvalue weighted by atomic mass is 19.1. The second-order valence-corrected chi connectivity index (χ2v) is 3.50. The molecule has 0 saturated carbocycles. The summed E-state index contributed by atoms with van der Waals surface area (Å²) in [6.45, 7) is 1.87. The van der Waals surface area contributed by atoms with E-state index in [1.807, 2.05) is 25.1 Å². The second-order valence-electron chi connectivity index (χ2n) is 3.50. The minimum absolute atomic E-state index is 0.304. The molecule has 0 N–H and O–H groups in total. The first-order valence-electron chi connectivity index (χ1n) is 4.84. The first-order valence-corrected chi connectivity index (χ1v) is 4.84. The van der Waals surface area contributed by atoms with Crippen LogP contribution in [0.5, 0.6) is 0 Å². The van der Waals surface area contributed by atoms with Crippen molar-refractivity contribution in [1.29, 1.82) is 5.26 Å². The zero-order valence-electron chi connectivity index (χ0n) is 8.74. The van der Waals surface area contributed by atoms with Crippen LogP contribution in [-0.2, 0) is 0 Å². The number of nitriles is 1. The molecule has 16 heavy (non-hydrogen) atoms. The number of halogens is 1. The predicted molar refractivity (Wildman–Crippen MR) is 59.1 cm³/mol. The fraction of sp³-hybridized carbons (Fsp3) is 0.0769. The fourth-order valence-corrected chi connectivity index (χ4v) is 1.51. The predicted octanol–water partition coefficient (Wildman–Crippen LogP) is 3.07. The number of benzene rings is 1. The number of pyridine rings is 1. The van der Waals surface area contributed by atoms with Gasteiger partial charge in [-0.2, -0.15) is 5.26 Å². The van der Waals surface area contributed by atoms with Crippen molar-refractivity contribution in [2.24, 2.45) is 0 Å². The molecular weight excluding hydrogens is 203 g/mol. The van der Waals surface area contributed by atoms with Gasteiger partial charge in [0.05, 0.1) is 17.3 Å². The standard InChI is InChI=1S/C13H9FN2/c1-9-3-2-4-13(16-9)11-5-10(8-15)6-12(14)7-11/h2-7H,1H3. The van der Waals surface area contributed by atoms with Crippen molar-refractivity contribution in [1.82, 2.24) is 4.98 Å². The molecule has 0 fully saturated rings. The van der Waals surface area contributed by atoms with Gasteiger partial charge in [-0.05, 0) is 37.3 Å². The lowest BCUT2D eigenvalue weighted by Gasteiger charge is -2.02. The summed E-state index contributed by atoms with van der Waals surface area (Å²) in [4.78, 5) is 4.28. The lowest BCUT2D eigenvalue weighted by molar-refractivity contribution is 0.628. The van der Waals surface area contributed by atoms with Crippen LogP contribution in [0.25, 0.3) is 11.3 Å². The number of hydrogen-bond acceptors (Lipinski definition) is 2. The van der Waals surface area contributed by atoms with Crippen molar-refractivity contribution in [2.75, 3.05) is 0 Å². The van der Waals surface area contributed by atoms with Gasteiger partial charge in [-0.15, -0.1) is 0 Å². The van der Waals surface area contributed by atoms with E-state index in [0.29, 0.717) is 16.8 Å². The van der Waals surface area contributed by atoms with Crippen LogP contribution >= 0.6 is 0 Å². The van der Waals surface area contributed by atoms with Gasteiger partial charge in [0.2, 0.25) is 0 Å². The molecule has 0 atom stereocenters. The molecule has 1 aromatic heterocycles. The second kappa shape index (κ2) is 4.11. The molecule has 78 valence electrons. The van der Waals surface area contributed by atoms with E-state index in [2.05, 4.69) is 4.98 Å². The minimum atomic E-state index is -0.419. The average Bonchev–Trinajstić information content (AvgIpc) is 2.28. The summed E-state index contributed by atoms with van der Waals surface area (Å²) in [5.74, 6) is -0.419. The monoisotopic (exact) mass is 212 g/mol. The zero-order valence-corrected chi connectivity index (χ0v) is 8.74. The van der Waals surface area contributed by atoms with Crippen molar-refractivity contribution in [3.8, 4) is 17.3 Å². The van der Waals surface area contributed by atoms with E-state index in [1.54, 1.807) is 12.1 Å². The number of hydrogen-bond donors (Lipinski definition) is 0. The van der Waals surface area contributed by atoms with Crippen LogP contribution < -0.4 is 0 Å². The summed E-state index contributed by atoms with van der Waals surface area (Å²) in [6, 6.07) is 11.7. The average molecular weight is 212 g/mol. The quantitative estimate of drug-likeness (QED) is 0.728. The summed E-state index contributed by atoms with van der Waals surface area (Å²) in [6.07, 6.45) is 0. The number of rotatable bonds is 1. The molecule has 0 aliphatic heterocycles. The Morgan fingerprint density at radius 2 is 2.06 bits per heavy atom. The number of nitrogens with zero attached hydrogens (tertiary/aromatic N) is 2. The third kappa shape index (κ3) is 2.06. The lowest BCUT2D eigenvalue weighted by Crippen LogP contribution is -1.88. The summed E-state index contributed by atoms with van der Waals surface area (Å²) in [5.41, 5.74) is 2.47. The summed E-state index contributed by atoms with van der Waals surface area (Å²) in [5, 5.41) is 8.75. The Hall–Kier alpha value is -2.21.